The maximum absolute atomic E-state index is 12.3. The fourth-order valence-corrected chi connectivity index (χ4v) is 3.00. The summed E-state index contributed by atoms with van der Waals surface area (Å²) >= 11 is 0. The Morgan fingerprint density at radius 2 is 2.27 bits per heavy atom. The van der Waals surface area contributed by atoms with E-state index in [4.69, 9.17) is 4.52 Å². The lowest BCUT2D eigenvalue weighted by Gasteiger charge is -2.32. The highest BCUT2D eigenvalue weighted by atomic mass is 16.5. The van der Waals surface area contributed by atoms with E-state index in [1.165, 1.54) is 19.3 Å². The molecule has 5 heteroatoms. The third-order valence-corrected chi connectivity index (χ3v) is 4.58. The first-order valence-electron chi connectivity index (χ1n) is 8.37. The van der Waals surface area contributed by atoms with Gasteiger partial charge in [0.2, 0.25) is 5.91 Å². The monoisotopic (exact) mass is 307 g/mol. The summed E-state index contributed by atoms with van der Waals surface area (Å²) in [5, 5.41) is 4.04. The molecule has 2 heterocycles. The molecule has 1 atom stereocenters. The molecule has 0 unspecified atom stereocenters. The van der Waals surface area contributed by atoms with Crippen LogP contribution in [0.15, 0.2) is 10.6 Å². The largest absolute Gasteiger partial charge is 0.361 e. The highest BCUT2D eigenvalue weighted by molar-refractivity contribution is 5.75. The summed E-state index contributed by atoms with van der Waals surface area (Å²) in [5.74, 6) is 1.39. The number of rotatable bonds is 6. The van der Waals surface area contributed by atoms with E-state index in [9.17, 15) is 4.79 Å². The van der Waals surface area contributed by atoms with Gasteiger partial charge >= 0.3 is 0 Å². The average Bonchev–Trinajstić information content (AvgIpc) is 2.94. The number of carbonyl (C=O) groups is 1. The van der Waals surface area contributed by atoms with Gasteiger partial charge in [0.05, 0.1) is 6.54 Å². The molecule has 1 aliphatic rings. The lowest BCUT2D eigenvalue weighted by molar-refractivity contribution is -0.130. The molecule has 1 aromatic rings. The molecule has 1 fully saturated rings. The fourth-order valence-electron chi connectivity index (χ4n) is 3.00. The van der Waals surface area contributed by atoms with Gasteiger partial charge in [0.1, 0.15) is 11.5 Å². The Morgan fingerprint density at radius 3 is 2.91 bits per heavy atom. The van der Waals surface area contributed by atoms with Gasteiger partial charge < -0.3 is 14.3 Å². The second-order valence-electron chi connectivity index (χ2n) is 6.79. The van der Waals surface area contributed by atoms with Crippen molar-refractivity contribution in [2.24, 2.45) is 0 Å². The predicted octanol–water partition coefficient (Wildman–Crippen LogP) is 3.02. The van der Waals surface area contributed by atoms with Crippen molar-refractivity contribution in [2.75, 3.05) is 20.6 Å². The van der Waals surface area contributed by atoms with E-state index in [1.807, 2.05) is 13.1 Å². The van der Waals surface area contributed by atoms with E-state index in [0.717, 1.165) is 24.4 Å². The summed E-state index contributed by atoms with van der Waals surface area (Å²) in [6, 6.07) is 2.51. The number of carbonyl (C=O) groups excluding carboxylic acids is 1. The van der Waals surface area contributed by atoms with Gasteiger partial charge in [-0.2, -0.15) is 0 Å². The van der Waals surface area contributed by atoms with Crippen LogP contribution >= 0.6 is 0 Å². The Labute approximate surface area is 133 Å². The zero-order chi connectivity index (χ0) is 16.1. The average molecular weight is 307 g/mol. The SMILES string of the molecule is CC(C)c1cc(CN(C)C(=O)CC[C@H]2CCCCN2C)no1. The van der Waals surface area contributed by atoms with Crippen LogP contribution in [-0.2, 0) is 11.3 Å². The maximum atomic E-state index is 12.3. The molecule has 1 amide bonds. The van der Waals surface area contributed by atoms with Gasteiger partial charge in [-0.15, -0.1) is 0 Å². The minimum atomic E-state index is 0.188. The van der Waals surface area contributed by atoms with Crippen LogP contribution in [0.3, 0.4) is 0 Å². The van der Waals surface area contributed by atoms with Crippen LogP contribution in [0.2, 0.25) is 0 Å². The first-order valence-corrected chi connectivity index (χ1v) is 8.37. The van der Waals surface area contributed by atoms with Gasteiger partial charge in [0.15, 0.2) is 0 Å². The molecule has 2 rings (SSSR count). The Hall–Kier alpha value is -1.36. The van der Waals surface area contributed by atoms with E-state index in [-0.39, 0.29) is 5.91 Å². The van der Waals surface area contributed by atoms with Gasteiger partial charge in [-0.3, -0.25) is 4.79 Å². The highest BCUT2D eigenvalue weighted by Crippen LogP contribution is 2.20. The quantitative estimate of drug-likeness (QED) is 0.810. The highest BCUT2D eigenvalue weighted by Gasteiger charge is 2.21. The molecular weight excluding hydrogens is 278 g/mol. The number of amides is 1. The minimum absolute atomic E-state index is 0.188. The molecule has 1 saturated heterocycles. The van der Waals surface area contributed by atoms with Crippen LogP contribution in [0.25, 0.3) is 0 Å². The van der Waals surface area contributed by atoms with Crippen molar-refractivity contribution in [3.8, 4) is 0 Å². The molecule has 0 spiro atoms. The minimum Gasteiger partial charge on any atom is -0.361 e. The molecule has 0 saturated carbocycles. The van der Waals surface area contributed by atoms with Crippen LogP contribution in [0.5, 0.6) is 0 Å². The van der Waals surface area contributed by atoms with Crippen molar-refractivity contribution in [1.29, 1.82) is 0 Å². The smallest absolute Gasteiger partial charge is 0.222 e. The number of nitrogens with zero attached hydrogens (tertiary/aromatic N) is 3. The van der Waals surface area contributed by atoms with Gasteiger partial charge in [0, 0.05) is 31.5 Å². The summed E-state index contributed by atoms with van der Waals surface area (Å²) in [6.45, 7) is 5.82. The summed E-state index contributed by atoms with van der Waals surface area (Å²) in [7, 11) is 4.01. The number of hydrogen-bond donors (Lipinski definition) is 0. The predicted molar refractivity (Wildman–Crippen MR) is 86.6 cm³/mol. The Bertz CT molecular complexity index is 484. The van der Waals surface area contributed by atoms with Gasteiger partial charge in [-0.25, -0.2) is 0 Å². The molecule has 124 valence electrons. The van der Waals surface area contributed by atoms with Crippen LogP contribution in [0, 0.1) is 0 Å². The van der Waals surface area contributed by atoms with Gasteiger partial charge in [0.25, 0.3) is 0 Å². The molecule has 1 aliphatic heterocycles. The summed E-state index contributed by atoms with van der Waals surface area (Å²) in [6.07, 6.45) is 5.35. The first kappa shape index (κ1) is 17.0. The molecule has 0 aromatic carbocycles. The number of piperidine rings is 1. The second-order valence-corrected chi connectivity index (χ2v) is 6.79. The Balaban J connectivity index is 1.78. The van der Waals surface area contributed by atoms with Crippen molar-refractivity contribution >= 4 is 5.91 Å². The zero-order valence-electron chi connectivity index (χ0n) is 14.3. The molecule has 0 bridgehead atoms. The van der Waals surface area contributed by atoms with Crippen LogP contribution in [0.4, 0.5) is 0 Å². The Morgan fingerprint density at radius 1 is 1.50 bits per heavy atom. The van der Waals surface area contributed by atoms with Crippen molar-refractivity contribution < 1.29 is 9.32 Å². The Kier molecular flexibility index (Phi) is 6.00. The van der Waals surface area contributed by atoms with Crippen molar-refractivity contribution in [3.05, 3.63) is 17.5 Å². The molecule has 5 nitrogen and oxygen atoms in total. The topological polar surface area (TPSA) is 49.6 Å². The fraction of sp³-hybridized carbons (Fsp3) is 0.765. The molecule has 0 radical (unpaired) electrons. The molecule has 0 N–H and O–H groups in total. The van der Waals surface area contributed by atoms with E-state index >= 15 is 0 Å². The van der Waals surface area contributed by atoms with Crippen LogP contribution in [0.1, 0.15) is 63.3 Å². The third kappa shape index (κ3) is 4.57. The zero-order valence-corrected chi connectivity index (χ0v) is 14.3. The molecule has 1 aromatic heterocycles. The van der Waals surface area contributed by atoms with Gasteiger partial charge in [-0.1, -0.05) is 25.4 Å². The van der Waals surface area contributed by atoms with Crippen molar-refractivity contribution in [3.63, 3.8) is 0 Å². The molecular formula is C17H29N3O2. The summed E-state index contributed by atoms with van der Waals surface area (Å²) in [5.41, 5.74) is 0.828. The van der Waals surface area contributed by atoms with Crippen LogP contribution < -0.4 is 0 Å². The second kappa shape index (κ2) is 7.77. The van der Waals surface area contributed by atoms with Gasteiger partial charge in [-0.05, 0) is 32.9 Å². The first-order chi connectivity index (χ1) is 10.5. The van der Waals surface area contributed by atoms with Crippen molar-refractivity contribution in [2.45, 2.75) is 64.5 Å². The van der Waals surface area contributed by atoms with E-state index < -0.39 is 0 Å². The lowest BCUT2D eigenvalue weighted by Crippen LogP contribution is -2.37. The number of hydrogen-bond acceptors (Lipinski definition) is 4. The maximum Gasteiger partial charge on any atom is 0.222 e. The molecule has 0 aliphatic carbocycles. The van der Waals surface area contributed by atoms with E-state index in [0.29, 0.717) is 24.9 Å². The van der Waals surface area contributed by atoms with Crippen molar-refractivity contribution in [1.82, 2.24) is 15.0 Å². The van der Waals surface area contributed by atoms with E-state index in [1.54, 1.807) is 4.90 Å². The number of aromatic nitrogens is 1. The normalized spacial score (nSPS) is 19.6. The summed E-state index contributed by atoms with van der Waals surface area (Å²) in [4.78, 5) is 16.4. The van der Waals surface area contributed by atoms with Crippen LogP contribution in [-0.4, -0.2) is 47.5 Å². The van der Waals surface area contributed by atoms with E-state index in [2.05, 4.69) is 31.0 Å². The molecule has 22 heavy (non-hydrogen) atoms. The number of likely N-dealkylation sites (tertiary alicyclic amines) is 1. The standard InChI is InChI=1S/C17H29N3O2/c1-13(2)16-11-14(18-22-16)12-20(4)17(21)9-8-15-7-5-6-10-19(15)3/h11,13,15H,5-10,12H2,1-4H3/t15-/m1/s1. The summed E-state index contributed by atoms with van der Waals surface area (Å²) < 4.78 is 5.28. The third-order valence-electron chi connectivity index (χ3n) is 4.58. The lowest BCUT2D eigenvalue weighted by atomic mass is 9.98.